The number of nitro groups is 1. The Labute approximate surface area is 91.4 Å². The van der Waals surface area contributed by atoms with Crippen LogP contribution in [0.2, 0.25) is 0 Å². The number of halogens is 1. The van der Waals surface area contributed by atoms with Crippen LogP contribution in [0.4, 0.5) is 5.69 Å². The molecule has 4 heteroatoms. The first kappa shape index (κ1) is 11.2. The second-order valence-corrected chi connectivity index (χ2v) is 4.54. The largest absolute Gasteiger partial charge is 0.272 e. The Morgan fingerprint density at radius 1 is 1.50 bits per heavy atom. The van der Waals surface area contributed by atoms with Crippen molar-refractivity contribution in [2.45, 2.75) is 20.3 Å². The summed E-state index contributed by atoms with van der Waals surface area (Å²) in [5.41, 5.74) is 1.00. The first-order chi connectivity index (χ1) is 6.50. The molecule has 0 atom stereocenters. The van der Waals surface area contributed by atoms with Crippen LogP contribution in [-0.2, 0) is 6.42 Å². The lowest BCUT2D eigenvalue weighted by Gasteiger charge is -2.05. The monoisotopic (exact) mass is 257 g/mol. The van der Waals surface area contributed by atoms with Gasteiger partial charge in [0.15, 0.2) is 0 Å². The minimum absolute atomic E-state index is 0.210. The average Bonchev–Trinajstić information content (AvgIpc) is 2.01. The molecule has 1 aromatic carbocycles. The highest BCUT2D eigenvalue weighted by Crippen LogP contribution is 2.25. The quantitative estimate of drug-likeness (QED) is 0.614. The van der Waals surface area contributed by atoms with Gasteiger partial charge in [0.05, 0.1) is 4.92 Å². The van der Waals surface area contributed by atoms with Gasteiger partial charge in [-0.25, -0.2) is 0 Å². The number of rotatable bonds is 3. The molecule has 0 heterocycles. The maximum atomic E-state index is 10.7. The van der Waals surface area contributed by atoms with Gasteiger partial charge in [0.1, 0.15) is 0 Å². The molecule has 0 aliphatic carbocycles. The molecule has 0 spiro atoms. The second-order valence-electron chi connectivity index (χ2n) is 3.63. The summed E-state index contributed by atoms with van der Waals surface area (Å²) in [6.07, 6.45) is 0.732. The van der Waals surface area contributed by atoms with E-state index in [1.807, 2.05) is 19.9 Å². The van der Waals surface area contributed by atoms with E-state index >= 15 is 0 Å². The number of nitrogens with zero attached hydrogens (tertiary/aromatic N) is 1. The molecule has 0 saturated heterocycles. The van der Waals surface area contributed by atoms with Crippen molar-refractivity contribution in [2.75, 3.05) is 0 Å². The van der Waals surface area contributed by atoms with Gasteiger partial charge < -0.3 is 0 Å². The molecule has 0 N–H and O–H groups in total. The van der Waals surface area contributed by atoms with Crippen molar-refractivity contribution in [3.8, 4) is 0 Å². The zero-order chi connectivity index (χ0) is 10.7. The molecule has 0 saturated carbocycles. The molecule has 0 radical (unpaired) electrons. The van der Waals surface area contributed by atoms with Crippen molar-refractivity contribution in [1.29, 1.82) is 0 Å². The van der Waals surface area contributed by atoms with Gasteiger partial charge in [-0.1, -0.05) is 29.8 Å². The summed E-state index contributed by atoms with van der Waals surface area (Å²) in [5.74, 6) is 0.419. The normalized spacial score (nSPS) is 10.6. The summed E-state index contributed by atoms with van der Waals surface area (Å²) in [5, 5.41) is 10.7. The van der Waals surface area contributed by atoms with E-state index in [4.69, 9.17) is 0 Å². The summed E-state index contributed by atoms with van der Waals surface area (Å²) in [6.45, 7) is 4.09. The predicted molar refractivity (Wildman–Crippen MR) is 59.3 cm³/mol. The number of hydrogen-bond acceptors (Lipinski definition) is 2. The maximum absolute atomic E-state index is 10.7. The lowest BCUT2D eigenvalue weighted by atomic mass is 10.0. The molecule has 76 valence electrons. The molecule has 1 aromatic rings. The highest BCUT2D eigenvalue weighted by atomic mass is 79.9. The fourth-order valence-corrected chi connectivity index (χ4v) is 1.74. The third-order valence-electron chi connectivity index (χ3n) is 1.87. The second kappa shape index (κ2) is 4.55. The van der Waals surface area contributed by atoms with Gasteiger partial charge in [0.2, 0.25) is 0 Å². The molecule has 14 heavy (non-hydrogen) atoms. The smallest absolute Gasteiger partial charge is 0.258 e. The van der Waals surface area contributed by atoms with Gasteiger partial charge in [-0.3, -0.25) is 10.1 Å². The van der Waals surface area contributed by atoms with Crippen LogP contribution < -0.4 is 0 Å². The predicted octanol–water partition coefficient (Wildman–Crippen LogP) is 3.56. The summed E-state index contributed by atoms with van der Waals surface area (Å²) in [4.78, 5) is 10.4. The number of nitro benzene ring substituents is 1. The highest BCUT2D eigenvalue weighted by Gasteiger charge is 2.14. The van der Waals surface area contributed by atoms with Gasteiger partial charge in [-0.15, -0.1) is 0 Å². The molecule has 0 fully saturated rings. The average molecular weight is 258 g/mol. The van der Waals surface area contributed by atoms with Gasteiger partial charge >= 0.3 is 0 Å². The molecule has 0 aliphatic rings. The Morgan fingerprint density at radius 2 is 2.14 bits per heavy atom. The molecule has 0 bridgehead atoms. The van der Waals surface area contributed by atoms with Crippen LogP contribution in [0.1, 0.15) is 19.4 Å². The van der Waals surface area contributed by atoms with E-state index in [-0.39, 0.29) is 10.6 Å². The Hall–Kier alpha value is -0.900. The minimum Gasteiger partial charge on any atom is -0.258 e. The molecular weight excluding hydrogens is 246 g/mol. The fourth-order valence-electron chi connectivity index (χ4n) is 1.34. The van der Waals surface area contributed by atoms with Crippen molar-refractivity contribution in [2.24, 2.45) is 5.92 Å². The van der Waals surface area contributed by atoms with Crippen molar-refractivity contribution in [3.63, 3.8) is 0 Å². The number of hydrogen-bond donors (Lipinski definition) is 0. The van der Waals surface area contributed by atoms with E-state index in [1.165, 1.54) is 0 Å². The summed E-state index contributed by atoms with van der Waals surface area (Å²) in [6, 6.07) is 5.06. The Bertz CT molecular complexity index is 350. The van der Waals surface area contributed by atoms with E-state index < -0.39 is 0 Å². The van der Waals surface area contributed by atoms with E-state index in [9.17, 15) is 10.1 Å². The number of benzene rings is 1. The van der Waals surface area contributed by atoms with E-state index in [0.717, 1.165) is 16.5 Å². The molecule has 1 rings (SSSR count). The molecule has 0 aromatic heterocycles. The summed E-state index contributed by atoms with van der Waals surface area (Å²) < 4.78 is 0.888. The third-order valence-corrected chi connectivity index (χ3v) is 2.36. The van der Waals surface area contributed by atoms with Crippen LogP contribution >= 0.6 is 15.9 Å². The Morgan fingerprint density at radius 3 is 2.64 bits per heavy atom. The molecule has 0 aliphatic heterocycles. The van der Waals surface area contributed by atoms with E-state index in [0.29, 0.717) is 5.92 Å². The van der Waals surface area contributed by atoms with Crippen LogP contribution in [0, 0.1) is 16.0 Å². The lowest BCUT2D eigenvalue weighted by molar-refractivity contribution is -0.385. The molecule has 3 nitrogen and oxygen atoms in total. The standard InChI is InChI=1S/C10H12BrNO2/c1-7(2)5-8-6-9(11)3-4-10(8)12(13)14/h3-4,6-7H,5H2,1-2H3. The van der Waals surface area contributed by atoms with E-state index in [2.05, 4.69) is 15.9 Å². The Balaban J connectivity index is 3.09. The van der Waals surface area contributed by atoms with Crippen LogP contribution in [0.5, 0.6) is 0 Å². The van der Waals surface area contributed by atoms with Crippen molar-refractivity contribution in [1.82, 2.24) is 0 Å². The van der Waals surface area contributed by atoms with Crippen molar-refractivity contribution in [3.05, 3.63) is 38.3 Å². The molecular formula is C10H12BrNO2. The van der Waals surface area contributed by atoms with Crippen LogP contribution in [-0.4, -0.2) is 4.92 Å². The molecule has 0 unspecified atom stereocenters. The highest BCUT2D eigenvalue weighted by molar-refractivity contribution is 9.10. The fraction of sp³-hybridized carbons (Fsp3) is 0.400. The van der Waals surface area contributed by atoms with Gasteiger partial charge in [-0.05, 0) is 24.5 Å². The van der Waals surface area contributed by atoms with Crippen molar-refractivity contribution < 1.29 is 4.92 Å². The topological polar surface area (TPSA) is 43.1 Å². The maximum Gasteiger partial charge on any atom is 0.272 e. The van der Waals surface area contributed by atoms with Gasteiger partial charge in [0.25, 0.3) is 5.69 Å². The zero-order valence-electron chi connectivity index (χ0n) is 8.16. The lowest BCUT2D eigenvalue weighted by Crippen LogP contribution is -1.99. The summed E-state index contributed by atoms with van der Waals surface area (Å²) >= 11 is 3.31. The third kappa shape index (κ3) is 2.80. The summed E-state index contributed by atoms with van der Waals surface area (Å²) in [7, 11) is 0. The van der Waals surface area contributed by atoms with Crippen molar-refractivity contribution >= 4 is 21.6 Å². The first-order valence-corrected chi connectivity index (χ1v) is 5.23. The van der Waals surface area contributed by atoms with Crippen LogP contribution in [0.15, 0.2) is 22.7 Å². The Kier molecular flexibility index (Phi) is 3.63. The van der Waals surface area contributed by atoms with Gasteiger partial charge in [-0.2, -0.15) is 0 Å². The molecule has 0 amide bonds. The minimum atomic E-state index is -0.329. The van der Waals surface area contributed by atoms with Crippen LogP contribution in [0.25, 0.3) is 0 Å². The zero-order valence-corrected chi connectivity index (χ0v) is 9.74. The van der Waals surface area contributed by atoms with Crippen LogP contribution in [0.3, 0.4) is 0 Å². The first-order valence-electron chi connectivity index (χ1n) is 4.43. The van der Waals surface area contributed by atoms with Gasteiger partial charge in [0, 0.05) is 16.1 Å². The van der Waals surface area contributed by atoms with E-state index in [1.54, 1.807) is 12.1 Å². The SMILES string of the molecule is CC(C)Cc1cc(Br)ccc1[N+](=O)[O-].